The molecule has 0 N–H and O–H groups in total. The van der Waals surface area contributed by atoms with Crippen molar-refractivity contribution in [2.24, 2.45) is 0 Å². The number of rotatable bonds is 9. The van der Waals surface area contributed by atoms with Crippen LogP contribution in [0.2, 0.25) is 18.1 Å². The minimum absolute atomic E-state index is 0.189. The van der Waals surface area contributed by atoms with Crippen LogP contribution in [0.4, 0.5) is 0 Å². The van der Waals surface area contributed by atoms with Gasteiger partial charge in [-0.25, -0.2) is 0 Å². The first-order valence-corrected chi connectivity index (χ1v) is 10.6. The van der Waals surface area contributed by atoms with E-state index >= 15 is 0 Å². The van der Waals surface area contributed by atoms with E-state index in [0.29, 0.717) is 25.6 Å². The summed E-state index contributed by atoms with van der Waals surface area (Å²) in [7, 11) is -0.246. The summed E-state index contributed by atoms with van der Waals surface area (Å²) in [6.07, 6.45) is 0. The van der Waals surface area contributed by atoms with Crippen LogP contribution in [0, 0.1) is 0 Å². The average Bonchev–Trinajstić information content (AvgIpc) is 2.30. The fourth-order valence-corrected chi connectivity index (χ4v) is 2.70. The van der Waals surface area contributed by atoms with Crippen molar-refractivity contribution in [3.05, 3.63) is 0 Å². The van der Waals surface area contributed by atoms with E-state index in [-0.39, 0.29) is 11.0 Å². The van der Waals surface area contributed by atoms with Crippen molar-refractivity contribution >= 4 is 26.0 Å². The Balaban J connectivity index is 3.49. The number of thioether (sulfide) groups is 1. The van der Waals surface area contributed by atoms with E-state index in [2.05, 4.69) is 38.6 Å². The highest BCUT2D eigenvalue weighted by molar-refractivity contribution is 7.99. The van der Waals surface area contributed by atoms with E-state index in [1.54, 1.807) is 0 Å². The lowest BCUT2D eigenvalue weighted by molar-refractivity contribution is -0.137. The number of hydrogen-bond donors (Lipinski definition) is 0. The highest BCUT2D eigenvalue weighted by Crippen LogP contribution is 2.36. The van der Waals surface area contributed by atoms with Gasteiger partial charge in [0.05, 0.1) is 32.7 Å². The Hall–Kier alpha value is -0.0431. The molecule has 19 heavy (non-hydrogen) atoms. The molecule has 0 rings (SSSR count). The van der Waals surface area contributed by atoms with Gasteiger partial charge in [0.15, 0.2) is 8.32 Å². The molecule has 0 saturated heterocycles. The van der Waals surface area contributed by atoms with Gasteiger partial charge >= 0.3 is 5.97 Å². The molecule has 0 spiro atoms. The van der Waals surface area contributed by atoms with Gasteiger partial charge in [-0.3, -0.25) is 4.79 Å². The summed E-state index contributed by atoms with van der Waals surface area (Å²) in [6, 6.07) is 0. The van der Waals surface area contributed by atoms with Crippen LogP contribution in [0.5, 0.6) is 0 Å². The summed E-state index contributed by atoms with van der Waals surface area (Å²) in [4.78, 5) is 10.9. The van der Waals surface area contributed by atoms with Crippen molar-refractivity contribution in [1.82, 2.24) is 0 Å². The van der Waals surface area contributed by atoms with Crippen molar-refractivity contribution in [3.8, 4) is 0 Å². The van der Waals surface area contributed by atoms with E-state index in [0.717, 1.165) is 5.75 Å². The monoisotopic (exact) mass is 308 g/mol. The normalized spacial score (nSPS) is 12.5. The zero-order valence-corrected chi connectivity index (χ0v) is 14.9. The van der Waals surface area contributed by atoms with Gasteiger partial charge < -0.3 is 13.9 Å². The third-order valence-corrected chi connectivity index (χ3v) is 8.75. The molecule has 0 aromatic carbocycles. The minimum Gasteiger partial charge on any atom is -0.468 e. The molecule has 114 valence electrons. The molecule has 4 nitrogen and oxygen atoms in total. The molecule has 0 aliphatic rings. The third-order valence-electron chi connectivity index (χ3n) is 3.32. The Labute approximate surface area is 122 Å². The molecule has 0 saturated carbocycles. The predicted molar refractivity (Wildman–Crippen MR) is 83.3 cm³/mol. The molecule has 0 fully saturated rings. The Morgan fingerprint density at radius 3 is 2.32 bits per heavy atom. The van der Waals surface area contributed by atoms with E-state index < -0.39 is 8.32 Å². The topological polar surface area (TPSA) is 44.8 Å². The second-order valence-corrected chi connectivity index (χ2v) is 11.8. The fraction of sp³-hybridized carbons (Fsp3) is 0.923. The number of hydrogen-bond acceptors (Lipinski definition) is 5. The lowest BCUT2D eigenvalue weighted by Gasteiger charge is -2.36. The fourth-order valence-electron chi connectivity index (χ4n) is 1.01. The van der Waals surface area contributed by atoms with Gasteiger partial charge in [-0.15, -0.1) is 11.8 Å². The smallest absolute Gasteiger partial charge is 0.315 e. The first-order valence-electron chi connectivity index (χ1n) is 6.57. The van der Waals surface area contributed by atoms with Gasteiger partial charge in [0, 0.05) is 5.75 Å². The van der Waals surface area contributed by atoms with Crippen molar-refractivity contribution in [2.75, 3.05) is 38.4 Å². The maximum Gasteiger partial charge on any atom is 0.315 e. The van der Waals surface area contributed by atoms with Crippen molar-refractivity contribution in [2.45, 2.75) is 38.9 Å². The van der Waals surface area contributed by atoms with Gasteiger partial charge in [-0.1, -0.05) is 20.8 Å². The number of carbonyl (C=O) groups is 1. The molecular formula is C13H28O4SSi. The van der Waals surface area contributed by atoms with Crippen LogP contribution in [0.15, 0.2) is 0 Å². The molecule has 0 aliphatic carbocycles. The second kappa shape index (κ2) is 9.00. The Kier molecular flexibility index (Phi) is 8.98. The molecule has 0 aliphatic heterocycles. The number of methoxy groups -OCH3 is 1. The van der Waals surface area contributed by atoms with Gasteiger partial charge in [0.2, 0.25) is 0 Å². The Morgan fingerprint density at radius 2 is 1.79 bits per heavy atom. The van der Waals surface area contributed by atoms with Gasteiger partial charge in [0.25, 0.3) is 0 Å². The molecule has 6 heteroatoms. The predicted octanol–water partition coefficient (Wildman–Crippen LogP) is 2.93. The summed E-state index contributed by atoms with van der Waals surface area (Å²) in [5.74, 6) is 1.00. The zero-order chi connectivity index (χ0) is 14.9. The van der Waals surface area contributed by atoms with Crippen molar-refractivity contribution in [3.63, 3.8) is 0 Å². The molecular weight excluding hydrogens is 280 g/mol. The van der Waals surface area contributed by atoms with Crippen LogP contribution in [-0.2, 0) is 18.7 Å². The van der Waals surface area contributed by atoms with Crippen LogP contribution >= 0.6 is 11.8 Å². The van der Waals surface area contributed by atoms with Gasteiger partial charge in [-0.2, -0.15) is 0 Å². The van der Waals surface area contributed by atoms with E-state index in [9.17, 15) is 4.79 Å². The minimum atomic E-state index is -1.65. The van der Waals surface area contributed by atoms with Crippen LogP contribution in [-0.4, -0.2) is 52.7 Å². The number of ether oxygens (including phenoxy) is 2. The Bertz CT molecular complexity index is 264. The van der Waals surface area contributed by atoms with Crippen LogP contribution in [0.25, 0.3) is 0 Å². The van der Waals surface area contributed by atoms with E-state index in [1.165, 1.54) is 18.9 Å². The van der Waals surface area contributed by atoms with E-state index in [4.69, 9.17) is 9.16 Å². The molecule has 0 heterocycles. The second-order valence-electron chi connectivity index (χ2n) is 5.85. The highest BCUT2D eigenvalue weighted by Gasteiger charge is 2.36. The zero-order valence-electron chi connectivity index (χ0n) is 13.1. The van der Waals surface area contributed by atoms with Crippen LogP contribution < -0.4 is 0 Å². The summed E-state index contributed by atoms with van der Waals surface area (Å²) in [5, 5.41) is 0.239. The lowest BCUT2D eigenvalue weighted by Crippen LogP contribution is -2.41. The van der Waals surface area contributed by atoms with Crippen LogP contribution in [0.1, 0.15) is 20.8 Å². The highest BCUT2D eigenvalue weighted by atomic mass is 32.2. The maximum absolute atomic E-state index is 10.9. The summed E-state index contributed by atoms with van der Waals surface area (Å²) >= 11 is 1.52. The molecule has 0 aromatic rings. The SMILES string of the molecule is COC(=O)CSCCOCCO[Si](C)(C)C(C)(C)C. The molecule has 0 bridgehead atoms. The average molecular weight is 309 g/mol. The van der Waals surface area contributed by atoms with Gasteiger partial charge in [0.1, 0.15) is 0 Å². The lowest BCUT2D eigenvalue weighted by atomic mass is 10.2. The number of esters is 1. The van der Waals surface area contributed by atoms with Crippen LogP contribution in [0.3, 0.4) is 0 Å². The molecule has 0 aromatic heterocycles. The van der Waals surface area contributed by atoms with E-state index in [1.807, 2.05) is 0 Å². The quantitative estimate of drug-likeness (QED) is 0.372. The summed E-state index contributed by atoms with van der Waals surface area (Å²) < 4.78 is 16.0. The molecule has 0 unspecified atom stereocenters. The molecule has 0 amide bonds. The number of carbonyl (C=O) groups excluding carboxylic acids is 1. The Morgan fingerprint density at radius 1 is 1.16 bits per heavy atom. The summed E-state index contributed by atoms with van der Waals surface area (Å²) in [5.41, 5.74) is 0. The first-order chi connectivity index (χ1) is 8.70. The first kappa shape index (κ1) is 19.0. The van der Waals surface area contributed by atoms with Crippen molar-refractivity contribution in [1.29, 1.82) is 0 Å². The summed E-state index contributed by atoms with van der Waals surface area (Å²) in [6.45, 7) is 13.1. The standard InChI is InChI=1S/C13H28O4SSi/c1-13(2,3)19(5,6)17-8-7-16-9-10-18-11-12(14)15-4/h7-11H2,1-6H3. The molecule has 0 atom stereocenters. The largest absolute Gasteiger partial charge is 0.468 e. The van der Waals surface area contributed by atoms with Crippen molar-refractivity contribution < 1.29 is 18.7 Å². The molecule has 0 radical (unpaired) electrons. The maximum atomic E-state index is 10.9. The third kappa shape index (κ3) is 8.68. The van der Waals surface area contributed by atoms with Gasteiger partial charge in [-0.05, 0) is 18.1 Å².